The summed E-state index contributed by atoms with van der Waals surface area (Å²) in [5.41, 5.74) is 6.50. The van der Waals surface area contributed by atoms with Crippen LogP contribution >= 0.6 is 0 Å². The van der Waals surface area contributed by atoms with Gasteiger partial charge in [-0.25, -0.2) is 4.79 Å². The second-order valence-corrected chi connectivity index (χ2v) is 6.70. The zero-order valence-electron chi connectivity index (χ0n) is 14.9. The lowest BCUT2D eigenvalue weighted by Gasteiger charge is -2.44. The molecular formula is C17H29N3O5. The Bertz CT molecular complexity index is 511. The van der Waals surface area contributed by atoms with E-state index >= 15 is 0 Å². The van der Waals surface area contributed by atoms with Gasteiger partial charge in [-0.1, -0.05) is 6.08 Å². The van der Waals surface area contributed by atoms with Gasteiger partial charge in [-0.15, -0.1) is 0 Å². The van der Waals surface area contributed by atoms with Gasteiger partial charge >= 0.3 is 5.97 Å². The predicted molar refractivity (Wildman–Crippen MR) is 92.1 cm³/mol. The van der Waals surface area contributed by atoms with Crippen LogP contribution in [-0.4, -0.2) is 79.5 Å². The molecule has 8 heteroatoms. The number of hydrogen-bond acceptors (Lipinski definition) is 6. The number of piperidine rings is 1. The zero-order valence-corrected chi connectivity index (χ0v) is 14.9. The first-order chi connectivity index (χ1) is 11.9. The quantitative estimate of drug-likeness (QED) is 0.539. The molecule has 2 aliphatic rings. The lowest BCUT2D eigenvalue weighted by Crippen LogP contribution is -2.62. The molecule has 1 aliphatic carbocycles. The van der Waals surface area contributed by atoms with E-state index in [0.717, 1.165) is 19.4 Å². The maximum absolute atomic E-state index is 11.6. The molecule has 1 aliphatic heterocycles. The maximum atomic E-state index is 11.6. The van der Waals surface area contributed by atoms with Gasteiger partial charge in [0.05, 0.1) is 31.4 Å². The second kappa shape index (κ2) is 9.28. The Morgan fingerprint density at radius 3 is 2.84 bits per heavy atom. The van der Waals surface area contributed by atoms with Gasteiger partial charge in [0.25, 0.3) is 0 Å². The average Bonchev–Trinajstić information content (AvgIpc) is 2.56. The highest BCUT2D eigenvalue weighted by atomic mass is 16.5. The number of carboxylic acids is 1. The number of ether oxygens (including phenoxy) is 2. The van der Waals surface area contributed by atoms with Crippen LogP contribution in [-0.2, 0) is 19.1 Å². The van der Waals surface area contributed by atoms with E-state index in [4.69, 9.17) is 15.2 Å². The number of carbonyl (C=O) groups excluding carboxylic acids is 1. The number of carbonyl (C=O) groups is 2. The molecule has 25 heavy (non-hydrogen) atoms. The Morgan fingerprint density at radius 1 is 1.44 bits per heavy atom. The van der Waals surface area contributed by atoms with Crippen LogP contribution in [0.25, 0.3) is 0 Å². The van der Waals surface area contributed by atoms with Crippen LogP contribution in [0.2, 0.25) is 0 Å². The number of nitrogens with zero attached hydrogens (tertiary/aromatic N) is 1. The average molecular weight is 355 g/mol. The summed E-state index contributed by atoms with van der Waals surface area (Å²) < 4.78 is 10.9. The molecule has 4 N–H and O–H groups in total. The van der Waals surface area contributed by atoms with Crippen LogP contribution in [0, 0.1) is 0 Å². The van der Waals surface area contributed by atoms with Gasteiger partial charge in [0.1, 0.15) is 0 Å². The molecule has 0 spiro atoms. The van der Waals surface area contributed by atoms with Crippen LogP contribution in [0.3, 0.4) is 0 Å². The molecule has 1 amide bonds. The Kier molecular flexibility index (Phi) is 7.37. The molecule has 1 unspecified atom stereocenters. The van der Waals surface area contributed by atoms with Gasteiger partial charge in [-0.2, -0.15) is 0 Å². The van der Waals surface area contributed by atoms with Gasteiger partial charge in [0, 0.05) is 32.2 Å². The van der Waals surface area contributed by atoms with Crippen molar-refractivity contribution in [2.45, 2.75) is 50.4 Å². The minimum absolute atomic E-state index is 0.0710. The van der Waals surface area contributed by atoms with Crippen molar-refractivity contribution in [3.8, 4) is 0 Å². The van der Waals surface area contributed by atoms with Crippen LogP contribution in [0.15, 0.2) is 11.6 Å². The molecule has 0 aromatic carbocycles. The first-order valence-electron chi connectivity index (χ1n) is 8.73. The minimum Gasteiger partial charge on any atom is -0.478 e. The fourth-order valence-electron chi connectivity index (χ4n) is 3.60. The van der Waals surface area contributed by atoms with Crippen molar-refractivity contribution < 1.29 is 24.2 Å². The topological polar surface area (TPSA) is 114 Å². The summed E-state index contributed by atoms with van der Waals surface area (Å²) in [5, 5.41) is 12.3. The fraction of sp³-hybridized carbons (Fsp3) is 0.765. The molecule has 0 radical (unpaired) electrons. The van der Waals surface area contributed by atoms with Crippen LogP contribution in [0.5, 0.6) is 0 Å². The van der Waals surface area contributed by atoms with Crippen LogP contribution in [0.1, 0.15) is 26.2 Å². The molecule has 1 fully saturated rings. The highest BCUT2D eigenvalue weighted by Crippen LogP contribution is 2.26. The first-order valence-corrected chi connectivity index (χ1v) is 8.73. The Labute approximate surface area is 148 Å². The molecule has 8 nitrogen and oxygen atoms in total. The molecule has 2 rings (SSSR count). The second-order valence-electron chi connectivity index (χ2n) is 6.70. The number of likely N-dealkylation sites (tertiary alicyclic amines) is 1. The van der Waals surface area contributed by atoms with Gasteiger partial charge in [0.15, 0.2) is 0 Å². The summed E-state index contributed by atoms with van der Waals surface area (Å²) in [5.74, 6) is -1.12. The Hall–Kier alpha value is -1.48. The number of nitrogens with two attached hydrogens (primary N) is 1. The number of amides is 1. The molecule has 1 saturated heterocycles. The highest BCUT2D eigenvalue weighted by molar-refractivity contribution is 5.87. The van der Waals surface area contributed by atoms with E-state index in [9.17, 15) is 14.7 Å². The van der Waals surface area contributed by atoms with Crippen molar-refractivity contribution in [3.05, 3.63) is 11.6 Å². The van der Waals surface area contributed by atoms with Gasteiger partial charge in [0.2, 0.25) is 5.91 Å². The van der Waals surface area contributed by atoms with Crippen molar-refractivity contribution in [1.29, 1.82) is 0 Å². The lowest BCUT2D eigenvalue weighted by atomic mass is 9.85. The van der Waals surface area contributed by atoms with Crippen LogP contribution < -0.4 is 11.1 Å². The number of rotatable bonds is 7. The van der Waals surface area contributed by atoms with Crippen molar-refractivity contribution in [2.24, 2.45) is 5.73 Å². The SMILES string of the molecule is COCCO[C@H]1CCCN(C2C=C(C(=O)O)C[C@H](N)[C@H]2NC(C)=O)C1. The standard InChI is InChI=1S/C17H29N3O5/c1-11(21)19-16-14(18)8-12(17(22)23)9-15(16)20-5-3-4-13(10-20)25-7-6-24-2/h9,13-16H,3-8,10,18H2,1-2H3,(H,19,21)(H,22,23)/t13-,14-,15?,16+/m0/s1. The van der Waals surface area contributed by atoms with E-state index in [-0.39, 0.29) is 30.5 Å². The van der Waals surface area contributed by atoms with E-state index in [2.05, 4.69) is 10.2 Å². The predicted octanol–water partition coefficient (Wildman–Crippen LogP) is -0.271. The summed E-state index contributed by atoms with van der Waals surface area (Å²) in [6, 6.07) is -0.981. The third-order valence-corrected chi connectivity index (χ3v) is 4.77. The summed E-state index contributed by atoms with van der Waals surface area (Å²) in [6.45, 7) is 4.03. The maximum Gasteiger partial charge on any atom is 0.331 e. The number of nitrogens with one attached hydrogen (secondary N) is 1. The molecule has 4 atom stereocenters. The molecule has 0 aromatic heterocycles. The van der Waals surface area contributed by atoms with Crippen LogP contribution in [0.4, 0.5) is 0 Å². The number of methoxy groups -OCH3 is 1. The van der Waals surface area contributed by atoms with E-state index in [1.165, 1.54) is 6.92 Å². The van der Waals surface area contributed by atoms with Crippen molar-refractivity contribution >= 4 is 11.9 Å². The van der Waals surface area contributed by atoms with Gasteiger partial charge < -0.3 is 25.6 Å². The molecule has 142 valence electrons. The molecular weight excluding hydrogens is 326 g/mol. The normalized spacial score (nSPS) is 30.6. The third-order valence-electron chi connectivity index (χ3n) is 4.77. The Morgan fingerprint density at radius 2 is 2.20 bits per heavy atom. The first kappa shape index (κ1) is 19.8. The number of carboxylic acid groups (broad SMARTS) is 1. The monoisotopic (exact) mass is 355 g/mol. The number of hydrogen-bond donors (Lipinski definition) is 3. The zero-order chi connectivity index (χ0) is 18.4. The van der Waals surface area contributed by atoms with E-state index in [1.807, 2.05) is 0 Å². The van der Waals surface area contributed by atoms with Gasteiger partial charge in [-0.05, 0) is 25.8 Å². The highest BCUT2D eigenvalue weighted by Gasteiger charge is 2.38. The van der Waals surface area contributed by atoms with E-state index in [0.29, 0.717) is 25.3 Å². The van der Waals surface area contributed by atoms with E-state index in [1.54, 1.807) is 13.2 Å². The summed E-state index contributed by atoms with van der Waals surface area (Å²) in [4.78, 5) is 25.2. The lowest BCUT2D eigenvalue weighted by molar-refractivity contribution is -0.133. The molecule has 1 heterocycles. The summed E-state index contributed by atoms with van der Waals surface area (Å²) in [7, 11) is 1.64. The number of aliphatic carboxylic acids is 1. The minimum atomic E-state index is -0.952. The van der Waals surface area contributed by atoms with Crippen molar-refractivity contribution in [3.63, 3.8) is 0 Å². The summed E-state index contributed by atoms with van der Waals surface area (Å²) in [6.07, 6.45) is 3.97. The molecule has 0 bridgehead atoms. The molecule has 0 aromatic rings. The van der Waals surface area contributed by atoms with E-state index < -0.39 is 12.0 Å². The smallest absolute Gasteiger partial charge is 0.331 e. The third kappa shape index (κ3) is 5.50. The Balaban J connectivity index is 2.13. The van der Waals surface area contributed by atoms with Crippen molar-refractivity contribution in [2.75, 3.05) is 33.4 Å². The van der Waals surface area contributed by atoms with Crippen molar-refractivity contribution in [1.82, 2.24) is 10.2 Å². The largest absolute Gasteiger partial charge is 0.478 e. The van der Waals surface area contributed by atoms with Gasteiger partial charge in [-0.3, -0.25) is 9.69 Å². The fourth-order valence-corrected chi connectivity index (χ4v) is 3.60. The summed E-state index contributed by atoms with van der Waals surface area (Å²) >= 11 is 0. The molecule has 0 saturated carbocycles.